The van der Waals surface area contributed by atoms with Crippen molar-refractivity contribution in [1.82, 2.24) is 0 Å². The topological polar surface area (TPSA) is 26.0 Å². The molecule has 100 valence electrons. The smallest absolute Gasteiger partial charge is 0.137 e. The van der Waals surface area contributed by atoms with Crippen LogP contribution >= 0.6 is 27.5 Å². The summed E-state index contributed by atoms with van der Waals surface area (Å²) in [7, 11) is 0. The largest absolute Gasteiger partial charge is 0.324 e. The van der Waals surface area contributed by atoms with E-state index >= 15 is 0 Å². The molecule has 1 unspecified atom stereocenters. The molecule has 0 heterocycles. The average molecular weight is 347 g/mol. The normalized spacial score (nSPS) is 12.5. The van der Waals surface area contributed by atoms with E-state index in [9.17, 15) is 8.78 Å². The Morgan fingerprint density at radius 2 is 1.89 bits per heavy atom. The van der Waals surface area contributed by atoms with E-state index in [1.54, 1.807) is 12.1 Å². The van der Waals surface area contributed by atoms with Crippen molar-refractivity contribution < 1.29 is 8.78 Å². The van der Waals surface area contributed by atoms with Crippen LogP contribution in [-0.2, 0) is 6.42 Å². The van der Waals surface area contributed by atoms with Gasteiger partial charge in [0.2, 0.25) is 0 Å². The maximum atomic E-state index is 13.7. The molecule has 2 aromatic carbocycles. The highest BCUT2D eigenvalue weighted by molar-refractivity contribution is 9.10. The minimum absolute atomic E-state index is 0.315. The van der Waals surface area contributed by atoms with Crippen molar-refractivity contribution in [3.8, 4) is 0 Å². The second-order valence-corrected chi connectivity index (χ2v) is 5.42. The second kappa shape index (κ2) is 5.99. The molecule has 2 N–H and O–H groups in total. The lowest BCUT2D eigenvalue weighted by atomic mass is 9.99. The summed E-state index contributed by atoms with van der Waals surface area (Å²) in [6.45, 7) is 0. The van der Waals surface area contributed by atoms with Crippen molar-refractivity contribution >= 4 is 27.5 Å². The van der Waals surface area contributed by atoms with Gasteiger partial charge < -0.3 is 5.73 Å². The molecule has 0 fully saturated rings. The molecule has 0 spiro atoms. The predicted molar refractivity (Wildman–Crippen MR) is 76.1 cm³/mol. The van der Waals surface area contributed by atoms with Crippen molar-refractivity contribution in [2.75, 3.05) is 0 Å². The molecular weight excluding hydrogens is 336 g/mol. The third kappa shape index (κ3) is 3.32. The zero-order valence-electron chi connectivity index (χ0n) is 9.84. The van der Waals surface area contributed by atoms with Gasteiger partial charge >= 0.3 is 0 Å². The van der Waals surface area contributed by atoms with Gasteiger partial charge in [-0.3, -0.25) is 0 Å². The first-order valence-corrected chi connectivity index (χ1v) is 6.79. The van der Waals surface area contributed by atoms with Crippen LogP contribution in [0.4, 0.5) is 8.78 Å². The fraction of sp³-hybridized carbons (Fsp3) is 0.143. The molecular formula is C14H11BrClF2N. The van der Waals surface area contributed by atoms with Crippen molar-refractivity contribution in [3.63, 3.8) is 0 Å². The molecule has 0 aliphatic heterocycles. The molecule has 5 heteroatoms. The summed E-state index contributed by atoms with van der Waals surface area (Å²) in [5, 5.41) is 0.421. The average Bonchev–Trinajstić information content (AvgIpc) is 2.38. The van der Waals surface area contributed by atoms with Gasteiger partial charge in [0.25, 0.3) is 0 Å². The summed E-state index contributed by atoms with van der Waals surface area (Å²) in [5.74, 6) is -0.777. The quantitative estimate of drug-likeness (QED) is 0.862. The Kier molecular flexibility index (Phi) is 4.55. The van der Waals surface area contributed by atoms with E-state index in [4.69, 9.17) is 17.3 Å². The van der Waals surface area contributed by atoms with Gasteiger partial charge in [0.15, 0.2) is 0 Å². The number of nitrogens with two attached hydrogens (primary N) is 1. The highest BCUT2D eigenvalue weighted by Crippen LogP contribution is 2.27. The molecule has 2 aromatic rings. The molecule has 1 nitrogen and oxygen atoms in total. The highest BCUT2D eigenvalue weighted by atomic mass is 79.9. The number of halogens is 4. The number of hydrogen-bond donors (Lipinski definition) is 1. The van der Waals surface area contributed by atoms with Crippen LogP contribution in [0.1, 0.15) is 17.2 Å². The molecule has 2 rings (SSSR count). The molecule has 0 saturated heterocycles. The fourth-order valence-electron chi connectivity index (χ4n) is 1.85. The summed E-state index contributed by atoms with van der Waals surface area (Å²) in [4.78, 5) is 0. The molecule has 0 aromatic heterocycles. The van der Waals surface area contributed by atoms with E-state index in [0.717, 1.165) is 0 Å². The SMILES string of the molecule is NC(Cc1cccc(F)c1Br)c1cc(Cl)ccc1F. The third-order valence-corrected chi connectivity index (χ3v) is 3.95. The number of benzene rings is 2. The van der Waals surface area contributed by atoms with E-state index in [1.807, 2.05) is 0 Å². The summed E-state index contributed by atoms with van der Waals surface area (Å²) < 4.78 is 27.4. The van der Waals surface area contributed by atoms with Crippen molar-refractivity contribution in [2.24, 2.45) is 5.73 Å². The van der Waals surface area contributed by atoms with Crippen molar-refractivity contribution in [3.05, 3.63) is 68.7 Å². The van der Waals surface area contributed by atoms with Gasteiger partial charge in [0, 0.05) is 16.6 Å². The molecule has 0 radical (unpaired) electrons. The first kappa shape index (κ1) is 14.4. The highest BCUT2D eigenvalue weighted by Gasteiger charge is 2.15. The summed E-state index contributed by atoms with van der Waals surface area (Å²) in [6, 6.07) is 8.33. The first-order valence-electron chi connectivity index (χ1n) is 5.62. The Balaban J connectivity index is 2.28. The molecule has 0 aliphatic rings. The van der Waals surface area contributed by atoms with Crippen LogP contribution < -0.4 is 5.73 Å². The predicted octanol–water partition coefficient (Wildman–Crippen LogP) is 4.62. The second-order valence-electron chi connectivity index (χ2n) is 4.19. The van der Waals surface area contributed by atoms with E-state index in [-0.39, 0.29) is 5.82 Å². The minimum atomic E-state index is -0.586. The Morgan fingerprint density at radius 3 is 2.63 bits per heavy atom. The van der Waals surface area contributed by atoms with Crippen LogP contribution in [0.25, 0.3) is 0 Å². The molecule has 0 saturated carbocycles. The van der Waals surface area contributed by atoms with E-state index in [0.29, 0.717) is 27.0 Å². The maximum absolute atomic E-state index is 13.7. The minimum Gasteiger partial charge on any atom is -0.324 e. The van der Waals surface area contributed by atoms with Gasteiger partial charge in [-0.15, -0.1) is 0 Å². The fourth-order valence-corrected chi connectivity index (χ4v) is 2.46. The van der Waals surface area contributed by atoms with Crippen LogP contribution in [0, 0.1) is 11.6 Å². The van der Waals surface area contributed by atoms with Crippen LogP contribution in [-0.4, -0.2) is 0 Å². The maximum Gasteiger partial charge on any atom is 0.137 e. The summed E-state index contributed by atoms with van der Waals surface area (Å²) >= 11 is 8.99. The van der Waals surface area contributed by atoms with Crippen LogP contribution in [0.15, 0.2) is 40.9 Å². The van der Waals surface area contributed by atoms with Crippen LogP contribution in [0.2, 0.25) is 5.02 Å². The van der Waals surface area contributed by atoms with Crippen molar-refractivity contribution in [1.29, 1.82) is 0 Å². The zero-order chi connectivity index (χ0) is 14.0. The van der Waals surface area contributed by atoms with E-state index in [1.165, 1.54) is 24.3 Å². The Bertz CT molecular complexity index is 604. The van der Waals surface area contributed by atoms with Gasteiger partial charge in [0.1, 0.15) is 11.6 Å². The van der Waals surface area contributed by atoms with E-state index in [2.05, 4.69) is 15.9 Å². The van der Waals surface area contributed by atoms with Gasteiger partial charge in [-0.2, -0.15) is 0 Å². The zero-order valence-corrected chi connectivity index (χ0v) is 12.2. The van der Waals surface area contributed by atoms with Crippen LogP contribution in [0.3, 0.4) is 0 Å². The van der Waals surface area contributed by atoms with Gasteiger partial charge in [0.05, 0.1) is 4.47 Å². The third-order valence-electron chi connectivity index (χ3n) is 2.83. The van der Waals surface area contributed by atoms with Gasteiger partial charge in [-0.05, 0) is 52.2 Å². The lowest BCUT2D eigenvalue weighted by Crippen LogP contribution is -2.15. The molecule has 0 amide bonds. The lowest BCUT2D eigenvalue weighted by molar-refractivity contribution is 0.577. The monoisotopic (exact) mass is 345 g/mol. The van der Waals surface area contributed by atoms with E-state index < -0.39 is 11.9 Å². The van der Waals surface area contributed by atoms with Gasteiger partial charge in [-0.1, -0.05) is 23.7 Å². The Hall–Kier alpha value is -0.970. The molecule has 0 bridgehead atoms. The Morgan fingerprint density at radius 1 is 1.16 bits per heavy atom. The summed E-state index contributed by atoms with van der Waals surface area (Å²) in [6.07, 6.45) is 0.315. The van der Waals surface area contributed by atoms with Crippen LogP contribution in [0.5, 0.6) is 0 Å². The van der Waals surface area contributed by atoms with Gasteiger partial charge in [-0.25, -0.2) is 8.78 Å². The molecule has 19 heavy (non-hydrogen) atoms. The first-order chi connectivity index (χ1) is 8.99. The number of rotatable bonds is 3. The molecule has 1 atom stereocenters. The van der Waals surface area contributed by atoms with Crippen molar-refractivity contribution in [2.45, 2.75) is 12.5 Å². The lowest BCUT2D eigenvalue weighted by Gasteiger charge is -2.14. The standard InChI is InChI=1S/C14H11BrClF2N/c15-14-8(2-1-3-12(14)18)6-13(19)10-7-9(16)4-5-11(10)17/h1-5,7,13H,6,19H2. The molecule has 0 aliphatic carbocycles. The summed E-state index contributed by atoms with van der Waals surface area (Å²) in [5.41, 5.74) is 6.98. The Labute approximate surface area is 123 Å². The number of hydrogen-bond acceptors (Lipinski definition) is 1.